The second kappa shape index (κ2) is 10.4. The first-order chi connectivity index (χ1) is 17.9. The zero-order valence-electron chi connectivity index (χ0n) is 19.3. The highest BCUT2D eigenvalue weighted by molar-refractivity contribution is 7.92. The van der Waals surface area contributed by atoms with Gasteiger partial charge in [0.1, 0.15) is 11.4 Å². The van der Waals surface area contributed by atoms with E-state index in [1.54, 1.807) is 66.9 Å². The fraction of sp³-hybridized carbons (Fsp3) is 0.0400. The maximum Gasteiger partial charge on any atom is 0.324 e. The number of aryl methyl sites for hydroxylation is 1. The van der Waals surface area contributed by atoms with Gasteiger partial charge in [0, 0.05) is 22.3 Å². The molecule has 0 aliphatic heterocycles. The minimum absolute atomic E-state index is 0.0888. The Hall–Kier alpha value is -4.19. The summed E-state index contributed by atoms with van der Waals surface area (Å²) in [6, 6.07) is 17.6. The fourth-order valence-electron chi connectivity index (χ4n) is 3.46. The zero-order chi connectivity index (χ0) is 25.9. The van der Waals surface area contributed by atoms with Gasteiger partial charge in [-0.15, -0.1) is 0 Å². The lowest BCUT2D eigenvalue weighted by Crippen LogP contribution is -2.19. The third kappa shape index (κ3) is 5.64. The number of hydrogen-bond donors (Lipinski definition) is 4. The third-order valence-corrected chi connectivity index (χ3v) is 6.67. The van der Waals surface area contributed by atoms with Crippen molar-refractivity contribution < 1.29 is 13.7 Å². The number of carbonyl (C=O) groups is 1. The molecule has 0 radical (unpaired) electrons. The summed E-state index contributed by atoms with van der Waals surface area (Å²) in [7, 11) is 0. The summed E-state index contributed by atoms with van der Waals surface area (Å²) in [6.45, 7) is 1.81. The first kappa shape index (κ1) is 24.5. The molecule has 0 aliphatic rings. The smallest absolute Gasteiger partial charge is 0.324 e. The highest BCUT2D eigenvalue weighted by atomic mass is 35.5. The Morgan fingerprint density at radius 3 is 2.51 bits per heavy atom. The van der Waals surface area contributed by atoms with Gasteiger partial charge in [-0.3, -0.25) is 10.4 Å². The molecule has 5 rings (SSSR count). The van der Waals surface area contributed by atoms with Gasteiger partial charge in [-0.25, -0.2) is 23.9 Å². The normalized spacial score (nSPS) is 11.8. The van der Waals surface area contributed by atoms with E-state index in [0.717, 1.165) is 11.1 Å². The summed E-state index contributed by atoms with van der Waals surface area (Å²) < 4.78 is 29.4. The minimum Gasteiger partial charge on any atom is -0.588 e. The Morgan fingerprint density at radius 1 is 1.03 bits per heavy atom. The second-order valence-electron chi connectivity index (χ2n) is 7.99. The molecular weight excluding hydrogens is 517 g/mol. The quantitative estimate of drug-likeness (QED) is 0.200. The highest BCUT2D eigenvalue weighted by Gasteiger charge is 2.18. The van der Waals surface area contributed by atoms with Crippen molar-refractivity contribution in [1.82, 2.24) is 20.2 Å². The van der Waals surface area contributed by atoms with E-state index in [-0.39, 0.29) is 10.7 Å². The van der Waals surface area contributed by atoms with E-state index >= 15 is 0 Å². The topological polar surface area (TPSA) is 131 Å². The molecule has 0 saturated heterocycles. The molecular formula is C25H19ClFN7O2S. The number of benzene rings is 3. The Balaban J connectivity index is 1.27. The van der Waals surface area contributed by atoms with Gasteiger partial charge in [-0.2, -0.15) is 5.10 Å². The first-order valence-electron chi connectivity index (χ1n) is 11.0. The second-order valence-corrected chi connectivity index (χ2v) is 9.61. The molecule has 2 aromatic heterocycles. The van der Waals surface area contributed by atoms with Gasteiger partial charge in [-0.1, -0.05) is 29.8 Å². The monoisotopic (exact) mass is 535 g/mol. The van der Waals surface area contributed by atoms with Gasteiger partial charge < -0.3 is 9.87 Å². The molecule has 12 heteroatoms. The first-order valence-corrected chi connectivity index (χ1v) is 12.5. The Labute approximate surface area is 218 Å². The van der Waals surface area contributed by atoms with E-state index in [9.17, 15) is 13.7 Å². The van der Waals surface area contributed by atoms with Crippen molar-refractivity contribution in [2.45, 2.75) is 11.8 Å². The summed E-state index contributed by atoms with van der Waals surface area (Å²) in [5, 5.41) is 12.8. The summed E-state index contributed by atoms with van der Waals surface area (Å²) in [4.78, 5) is 21.3. The van der Waals surface area contributed by atoms with Gasteiger partial charge in [0.05, 0.1) is 17.6 Å². The summed E-state index contributed by atoms with van der Waals surface area (Å²) in [5.74, 6) is -0.307. The number of nitrogens with one attached hydrogen (secondary N) is 4. The number of rotatable bonds is 6. The van der Waals surface area contributed by atoms with Crippen LogP contribution in [0.5, 0.6) is 0 Å². The molecule has 9 nitrogen and oxygen atoms in total. The maximum atomic E-state index is 14.0. The number of halogens is 2. The maximum absolute atomic E-state index is 14.0. The molecule has 0 bridgehead atoms. The molecule has 0 aliphatic carbocycles. The van der Waals surface area contributed by atoms with Crippen LogP contribution in [0.15, 0.2) is 77.8 Å². The summed E-state index contributed by atoms with van der Waals surface area (Å²) in [5.41, 5.74) is 4.03. The Bertz CT molecular complexity index is 1580. The van der Waals surface area contributed by atoms with Crippen LogP contribution < -0.4 is 15.4 Å². The molecule has 0 fully saturated rings. The summed E-state index contributed by atoms with van der Waals surface area (Å²) in [6.07, 6.45) is 1.56. The number of aromatic nitrogens is 4. The van der Waals surface area contributed by atoms with Crippen molar-refractivity contribution in [2.75, 3.05) is 15.4 Å². The lowest BCUT2D eigenvalue weighted by atomic mass is 10.1. The predicted molar refractivity (Wildman–Crippen MR) is 142 cm³/mol. The van der Waals surface area contributed by atoms with Crippen molar-refractivity contribution in [3.05, 3.63) is 89.3 Å². The predicted octanol–water partition coefficient (Wildman–Crippen LogP) is 5.90. The molecule has 1 atom stereocenters. The van der Waals surface area contributed by atoms with E-state index in [1.807, 2.05) is 6.92 Å². The van der Waals surface area contributed by atoms with Crippen LogP contribution in [0, 0.1) is 12.7 Å². The molecule has 2 heterocycles. The van der Waals surface area contributed by atoms with Gasteiger partial charge in [0.2, 0.25) is 4.90 Å². The van der Waals surface area contributed by atoms with E-state index in [0.29, 0.717) is 33.3 Å². The highest BCUT2D eigenvalue weighted by Crippen LogP contribution is 2.25. The molecule has 0 spiro atoms. The van der Waals surface area contributed by atoms with Crippen LogP contribution in [-0.4, -0.2) is 30.7 Å². The van der Waals surface area contributed by atoms with E-state index < -0.39 is 23.2 Å². The SMILES string of the molecule is Cc1ccc(F)c([S+]([O-])Nc2ccc(-c3cnc4c(NC(=O)Nc5ccc(Cl)cc5)n[nH]c4n3)cc2)c1. The molecule has 1 unspecified atom stereocenters. The number of anilines is 3. The Morgan fingerprint density at radius 2 is 1.76 bits per heavy atom. The van der Waals surface area contributed by atoms with Crippen molar-refractivity contribution >= 4 is 57.4 Å². The zero-order valence-corrected chi connectivity index (χ0v) is 20.8. The van der Waals surface area contributed by atoms with Crippen LogP contribution in [-0.2, 0) is 11.4 Å². The fourth-order valence-corrected chi connectivity index (χ4v) is 4.58. The summed E-state index contributed by atoms with van der Waals surface area (Å²) >= 11 is 4.11. The van der Waals surface area contributed by atoms with Crippen LogP contribution in [0.3, 0.4) is 0 Å². The number of urea groups is 1. The van der Waals surface area contributed by atoms with Gasteiger partial charge in [0.15, 0.2) is 22.8 Å². The number of nitrogens with zero attached hydrogens (tertiary/aromatic N) is 3. The van der Waals surface area contributed by atoms with Crippen LogP contribution in [0.25, 0.3) is 22.4 Å². The van der Waals surface area contributed by atoms with Gasteiger partial charge in [0.25, 0.3) is 0 Å². The molecule has 3 aromatic carbocycles. The van der Waals surface area contributed by atoms with Crippen LogP contribution in [0.1, 0.15) is 5.56 Å². The van der Waals surface area contributed by atoms with Crippen LogP contribution in [0.2, 0.25) is 5.02 Å². The average molecular weight is 536 g/mol. The van der Waals surface area contributed by atoms with Crippen molar-refractivity contribution in [2.24, 2.45) is 0 Å². The molecule has 2 amide bonds. The van der Waals surface area contributed by atoms with Crippen LogP contribution in [0.4, 0.5) is 26.4 Å². The van der Waals surface area contributed by atoms with E-state index in [2.05, 4.69) is 35.5 Å². The lowest BCUT2D eigenvalue weighted by Gasteiger charge is -2.13. The van der Waals surface area contributed by atoms with Gasteiger partial charge in [-0.05, 0) is 55.0 Å². The Kier molecular flexibility index (Phi) is 6.91. The third-order valence-electron chi connectivity index (χ3n) is 5.28. The standard InChI is InChI=1S/C25H19ClFN7O2S/c1-14-2-11-19(27)21(12-14)37(36)34-18-7-3-15(4-8-18)20-13-28-22-23(30-20)32-33-24(22)31-25(35)29-17-9-5-16(26)6-10-17/h2-13,34H,1H3,(H3,29,30,31,32,33,35). The molecule has 5 aromatic rings. The largest absolute Gasteiger partial charge is 0.588 e. The number of hydrogen-bond acceptors (Lipinski definition) is 6. The lowest BCUT2D eigenvalue weighted by molar-refractivity contribution is 0.262. The van der Waals surface area contributed by atoms with Crippen molar-refractivity contribution in [1.29, 1.82) is 0 Å². The van der Waals surface area contributed by atoms with E-state index in [4.69, 9.17) is 11.6 Å². The number of amides is 2. The van der Waals surface area contributed by atoms with Crippen molar-refractivity contribution in [3.8, 4) is 11.3 Å². The van der Waals surface area contributed by atoms with Gasteiger partial charge >= 0.3 is 6.03 Å². The van der Waals surface area contributed by atoms with Crippen LogP contribution >= 0.6 is 11.6 Å². The molecule has 4 N–H and O–H groups in total. The minimum atomic E-state index is -1.75. The number of aromatic amines is 1. The number of fused-ring (bicyclic) bond motifs is 1. The molecule has 186 valence electrons. The molecule has 37 heavy (non-hydrogen) atoms. The van der Waals surface area contributed by atoms with Crippen molar-refractivity contribution in [3.63, 3.8) is 0 Å². The van der Waals surface area contributed by atoms with E-state index in [1.165, 1.54) is 6.07 Å². The number of H-pyrrole nitrogens is 1. The average Bonchev–Trinajstić information content (AvgIpc) is 3.29. The molecule has 0 saturated carbocycles. The number of carbonyl (C=O) groups excluding carboxylic acids is 1.